The third-order valence-electron chi connectivity index (χ3n) is 4.35. The lowest BCUT2D eigenvalue weighted by molar-refractivity contribution is -0.117. The molecule has 1 aromatic heterocycles. The molecule has 0 bridgehead atoms. The topological polar surface area (TPSA) is 54.3 Å². The molecular weight excluding hydrogens is 314 g/mol. The summed E-state index contributed by atoms with van der Waals surface area (Å²) in [4.78, 5) is 27.0. The number of alkyl halides is 1. The summed E-state index contributed by atoms with van der Waals surface area (Å²) in [6, 6.07) is 7.24. The van der Waals surface area contributed by atoms with Crippen molar-refractivity contribution in [3.05, 3.63) is 41.2 Å². The number of para-hydroxylation sites is 2. The van der Waals surface area contributed by atoms with Gasteiger partial charge in [0.1, 0.15) is 11.1 Å². The zero-order valence-corrected chi connectivity index (χ0v) is 14.2. The largest absolute Gasteiger partial charge is 0.342 e. The van der Waals surface area contributed by atoms with E-state index in [9.17, 15) is 9.59 Å². The van der Waals surface area contributed by atoms with Crippen LogP contribution in [0, 0.1) is 13.8 Å². The Kier molecular flexibility index (Phi) is 3.68. The zero-order valence-electron chi connectivity index (χ0n) is 13.5. The van der Waals surface area contributed by atoms with Crippen LogP contribution in [-0.2, 0) is 11.8 Å². The third kappa shape index (κ3) is 2.23. The maximum absolute atomic E-state index is 12.8. The summed E-state index contributed by atoms with van der Waals surface area (Å²) in [5.41, 5.74) is 4.11. The molecule has 0 saturated carbocycles. The fraction of sp³-hybridized carbons (Fsp3) is 0.294. The highest BCUT2D eigenvalue weighted by atomic mass is 35.5. The minimum Gasteiger partial charge on any atom is -0.342 e. The first kappa shape index (κ1) is 15.6. The Morgan fingerprint density at radius 1 is 1.26 bits per heavy atom. The smallest absolute Gasteiger partial charge is 0.274 e. The summed E-state index contributed by atoms with van der Waals surface area (Å²) in [7, 11) is 1.82. The predicted octanol–water partition coefficient (Wildman–Crippen LogP) is 3.50. The number of hydrogen-bond acceptors (Lipinski definition) is 2. The summed E-state index contributed by atoms with van der Waals surface area (Å²) < 4.78 is 1.81. The molecule has 5 nitrogen and oxygen atoms in total. The van der Waals surface area contributed by atoms with E-state index >= 15 is 0 Å². The lowest BCUT2D eigenvalue weighted by atomic mass is 10.1. The predicted molar refractivity (Wildman–Crippen MR) is 91.7 cm³/mol. The fourth-order valence-electron chi connectivity index (χ4n) is 2.94. The number of aromatic nitrogens is 1. The summed E-state index contributed by atoms with van der Waals surface area (Å²) in [5.74, 6) is -0.491. The van der Waals surface area contributed by atoms with Gasteiger partial charge in [-0.3, -0.25) is 14.5 Å². The number of anilines is 3. The van der Waals surface area contributed by atoms with E-state index in [1.54, 1.807) is 17.9 Å². The maximum atomic E-state index is 12.8. The second kappa shape index (κ2) is 5.42. The monoisotopic (exact) mass is 331 g/mol. The number of fused-ring (bicyclic) bond motifs is 2. The number of halogens is 1. The first-order valence-electron chi connectivity index (χ1n) is 7.39. The standard InChI is InChI=1S/C17H18ClN3O2/c1-9-11(3)20(4)15-14(9)21(17(23)10(2)18)13-8-6-5-7-12(13)19-16(15)22/h5-8,10H,1-4H3,(H,19,22). The number of nitrogens with one attached hydrogen (secondary N) is 1. The second-order valence-electron chi connectivity index (χ2n) is 5.73. The van der Waals surface area contributed by atoms with Crippen molar-refractivity contribution in [1.82, 2.24) is 4.57 Å². The molecule has 120 valence electrons. The lowest BCUT2D eigenvalue weighted by Crippen LogP contribution is -2.32. The van der Waals surface area contributed by atoms with Gasteiger partial charge in [0.25, 0.3) is 5.91 Å². The molecule has 0 fully saturated rings. The van der Waals surface area contributed by atoms with E-state index in [2.05, 4.69) is 5.32 Å². The quantitative estimate of drug-likeness (QED) is 0.813. The fourth-order valence-corrected chi connectivity index (χ4v) is 3.04. The van der Waals surface area contributed by atoms with Crippen LogP contribution in [0.2, 0.25) is 0 Å². The van der Waals surface area contributed by atoms with Crippen molar-refractivity contribution in [1.29, 1.82) is 0 Å². The van der Waals surface area contributed by atoms with Crippen LogP contribution in [0.4, 0.5) is 17.1 Å². The molecule has 2 amide bonds. The summed E-state index contributed by atoms with van der Waals surface area (Å²) in [6.07, 6.45) is 0. The molecular formula is C17H18ClN3O2. The number of rotatable bonds is 1. The minimum absolute atomic E-state index is 0.233. The Labute approximate surface area is 139 Å². The highest BCUT2D eigenvalue weighted by Crippen LogP contribution is 2.42. The van der Waals surface area contributed by atoms with Crippen molar-refractivity contribution in [2.45, 2.75) is 26.1 Å². The first-order valence-corrected chi connectivity index (χ1v) is 7.82. The van der Waals surface area contributed by atoms with Crippen LogP contribution < -0.4 is 10.2 Å². The number of carbonyl (C=O) groups is 2. The van der Waals surface area contributed by atoms with E-state index in [1.807, 2.05) is 43.7 Å². The van der Waals surface area contributed by atoms with Gasteiger partial charge in [-0.2, -0.15) is 0 Å². The summed E-state index contributed by atoms with van der Waals surface area (Å²) in [5, 5.41) is 2.18. The third-order valence-corrected chi connectivity index (χ3v) is 4.54. The van der Waals surface area contributed by atoms with Gasteiger partial charge in [-0.1, -0.05) is 12.1 Å². The van der Waals surface area contributed by atoms with Crippen LogP contribution >= 0.6 is 11.6 Å². The number of hydrogen-bond donors (Lipinski definition) is 1. The van der Waals surface area contributed by atoms with Gasteiger partial charge in [0, 0.05) is 12.7 Å². The minimum atomic E-state index is -0.705. The molecule has 23 heavy (non-hydrogen) atoms. The van der Waals surface area contributed by atoms with E-state index in [0.29, 0.717) is 22.8 Å². The number of benzene rings is 1. The Morgan fingerprint density at radius 2 is 1.91 bits per heavy atom. The average Bonchev–Trinajstić information content (AvgIpc) is 2.67. The van der Waals surface area contributed by atoms with Crippen molar-refractivity contribution < 1.29 is 9.59 Å². The van der Waals surface area contributed by atoms with E-state index in [4.69, 9.17) is 11.6 Å². The van der Waals surface area contributed by atoms with E-state index in [0.717, 1.165) is 11.3 Å². The summed E-state index contributed by atoms with van der Waals surface area (Å²) >= 11 is 6.08. The average molecular weight is 332 g/mol. The lowest BCUT2D eigenvalue weighted by Gasteiger charge is -2.24. The van der Waals surface area contributed by atoms with Crippen LogP contribution in [0.3, 0.4) is 0 Å². The Hall–Kier alpha value is -2.27. The van der Waals surface area contributed by atoms with Crippen LogP contribution in [0.5, 0.6) is 0 Å². The van der Waals surface area contributed by atoms with Gasteiger partial charge >= 0.3 is 0 Å². The molecule has 1 aliphatic heterocycles. The molecule has 1 atom stereocenters. The van der Waals surface area contributed by atoms with Gasteiger partial charge in [-0.15, -0.1) is 11.6 Å². The van der Waals surface area contributed by atoms with Gasteiger partial charge in [-0.05, 0) is 38.5 Å². The molecule has 6 heteroatoms. The first-order chi connectivity index (χ1) is 10.8. The second-order valence-corrected chi connectivity index (χ2v) is 6.38. The van der Waals surface area contributed by atoms with Gasteiger partial charge in [-0.25, -0.2) is 0 Å². The summed E-state index contributed by atoms with van der Waals surface area (Å²) in [6.45, 7) is 5.47. The van der Waals surface area contributed by atoms with Crippen molar-refractivity contribution in [3.63, 3.8) is 0 Å². The molecule has 0 radical (unpaired) electrons. The molecule has 1 aromatic carbocycles. The molecule has 1 unspecified atom stereocenters. The number of carbonyl (C=O) groups excluding carboxylic acids is 2. The van der Waals surface area contributed by atoms with Crippen molar-refractivity contribution in [3.8, 4) is 0 Å². The van der Waals surface area contributed by atoms with Crippen LogP contribution in [0.25, 0.3) is 0 Å². The Morgan fingerprint density at radius 3 is 2.57 bits per heavy atom. The molecule has 3 rings (SSSR count). The van der Waals surface area contributed by atoms with Gasteiger partial charge in [0.05, 0.1) is 17.1 Å². The molecule has 2 aromatic rings. The van der Waals surface area contributed by atoms with Crippen molar-refractivity contribution in [2.24, 2.45) is 7.05 Å². The van der Waals surface area contributed by atoms with E-state index < -0.39 is 5.38 Å². The highest BCUT2D eigenvalue weighted by Gasteiger charge is 2.35. The number of nitrogens with zero attached hydrogens (tertiary/aromatic N) is 2. The molecule has 0 aliphatic carbocycles. The van der Waals surface area contributed by atoms with Gasteiger partial charge < -0.3 is 9.88 Å². The molecule has 0 spiro atoms. The van der Waals surface area contributed by atoms with Crippen molar-refractivity contribution >= 4 is 40.5 Å². The van der Waals surface area contributed by atoms with Crippen molar-refractivity contribution in [2.75, 3.05) is 10.2 Å². The SMILES string of the molecule is Cc1c2c(n(C)c1C)C(=O)Nc1ccccc1N2C(=O)C(C)Cl. The number of amides is 2. The van der Waals surface area contributed by atoms with Crippen LogP contribution in [-0.4, -0.2) is 21.8 Å². The Balaban J connectivity index is 2.38. The molecule has 1 N–H and O–H groups in total. The Bertz CT molecular complexity index is 823. The van der Waals surface area contributed by atoms with Crippen LogP contribution in [0.1, 0.15) is 28.7 Å². The normalized spacial score (nSPS) is 14.7. The molecule has 2 heterocycles. The van der Waals surface area contributed by atoms with Gasteiger partial charge in [0.15, 0.2) is 0 Å². The molecule has 0 saturated heterocycles. The van der Waals surface area contributed by atoms with Gasteiger partial charge in [0.2, 0.25) is 5.91 Å². The molecule has 1 aliphatic rings. The van der Waals surface area contributed by atoms with Crippen LogP contribution in [0.15, 0.2) is 24.3 Å². The zero-order chi connectivity index (χ0) is 16.9. The van der Waals surface area contributed by atoms with E-state index in [1.165, 1.54) is 0 Å². The maximum Gasteiger partial charge on any atom is 0.274 e. The highest BCUT2D eigenvalue weighted by molar-refractivity contribution is 6.34. The van der Waals surface area contributed by atoms with E-state index in [-0.39, 0.29) is 11.8 Å².